The molecule has 2 aliphatic heterocycles. The summed E-state index contributed by atoms with van der Waals surface area (Å²) in [6.07, 6.45) is 7.84. The lowest BCUT2D eigenvalue weighted by molar-refractivity contribution is 0.176. The number of carbonyl (C=O) groups excluding carboxylic acids is 1. The summed E-state index contributed by atoms with van der Waals surface area (Å²) in [6.45, 7) is 2.62. The van der Waals surface area contributed by atoms with Gasteiger partial charge in [-0.25, -0.2) is 4.79 Å². The van der Waals surface area contributed by atoms with E-state index in [1.54, 1.807) is 7.11 Å². The molecule has 7 heteroatoms. The second kappa shape index (κ2) is 10.5. The molecule has 3 aliphatic rings. The zero-order valence-electron chi connectivity index (χ0n) is 21.9. The van der Waals surface area contributed by atoms with Gasteiger partial charge in [-0.1, -0.05) is 37.5 Å². The van der Waals surface area contributed by atoms with Gasteiger partial charge in [0.2, 0.25) is 0 Å². The first-order chi connectivity index (χ1) is 17.5. The molecule has 1 N–H and O–H groups in total. The molecule has 3 fully saturated rings. The summed E-state index contributed by atoms with van der Waals surface area (Å²) in [5.74, 6) is 1.61. The number of amidine groups is 1. The Morgan fingerprint density at radius 1 is 1.08 bits per heavy atom. The highest BCUT2D eigenvalue weighted by molar-refractivity contribution is 6.19. The van der Waals surface area contributed by atoms with Crippen LogP contribution in [0.4, 0.5) is 16.2 Å². The fourth-order valence-corrected chi connectivity index (χ4v) is 6.02. The molecule has 2 saturated heterocycles. The molecule has 2 aromatic rings. The van der Waals surface area contributed by atoms with Crippen LogP contribution in [-0.4, -0.2) is 62.6 Å². The van der Waals surface area contributed by atoms with E-state index >= 15 is 0 Å². The Labute approximate surface area is 215 Å². The van der Waals surface area contributed by atoms with Crippen molar-refractivity contribution < 1.29 is 9.53 Å². The number of aliphatic imine (C=N–C) groups is 1. The van der Waals surface area contributed by atoms with Crippen LogP contribution in [0.2, 0.25) is 0 Å². The van der Waals surface area contributed by atoms with Crippen LogP contribution in [0, 0.1) is 0 Å². The number of hydrogen-bond donors (Lipinski definition) is 1. The molecule has 7 nitrogen and oxygen atoms in total. The van der Waals surface area contributed by atoms with Crippen molar-refractivity contribution in [3.63, 3.8) is 0 Å². The Hall–Kier alpha value is -3.06. The van der Waals surface area contributed by atoms with Gasteiger partial charge >= 0.3 is 6.03 Å². The maximum Gasteiger partial charge on any atom is 0.328 e. The Morgan fingerprint density at radius 3 is 2.58 bits per heavy atom. The minimum absolute atomic E-state index is 0.0880. The SMILES string of the molecule is COc1cccc(N2C(=O)NC(=NC3CCCCC3)C23CCCN(Cc2ccc(N(C)C)cc2)C3)c1. The largest absolute Gasteiger partial charge is 0.497 e. The molecule has 1 aliphatic carbocycles. The van der Waals surface area contributed by atoms with E-state index in [2.05, 4.69) is 53.5 Å². The fourth-order valence-electron chi connectivity index (χ4n) is 6.02. The van der Waals surface area contributed by atoms with Gasteiger partial charge in [0.15, 0.2) is 0 Å². The lowest BCUT2D eigenvalue weighted by Crippen LogP contribution is -2.60. The van der Waals surface area contributed by atoms with Crippen LogP contribution in [0.25, 0.3) is 0 Å². The van der Waals surface area contributed by atoms with Crippen LogP contribution in [0.3, 0.4) is 0 Å². The first-order valence-electron chi connectivity index (χ1n) is 13.3. The standard InChI is InChI=1S/C29H39N5O2/c1-32(2)24-15-13-22(14-16-24)20-33-18-8-17-29(21-33)27(30-23-9-5-4-6-10-23)31-28(35)34(29)25-11-7-12-26(19-25)36-3/h7,11-16,19,23H,4-6,8-10,17-18,20-21H2,1-3H3,(H,30,31,35). The molecule has 1 atom stereocenters. The normalized spacial score (nSPS) is 24.4. The number of urea groups is 1. The molecule has 5 rings (SSSR count). The highest BCUT2D eigenvalue weighted by atomic mass is 16.5. The van der Waals surface area contributed by atoms with E-state index in [0.29, 0.717) is 6.04 Å². The number of likely N-dealkylation sites (tertiary alicyclic amines) is 1. The number of anilines is 2. The van der Waals surface area contributed by atoms with Crippen molar-refractivity contribution in [3.05, 3.63) is 54.1 Å². The van der Waals surface area contributed by atoms with Gasteiger partial charge in [-0.15, -0.1) is 0 Å². The van der Waals surface area contributed by atoms with Crippen molar-refractivity contribution in [1.29, 1.82) is 0 Å². The Morgan fingerprint density at radius 2 is 1.86 bits per heavy atom. The molecule has 1 saturated carbocycles. The van der Waals surface area contributed by atoms with E-state index in [-0.39, 0.29) is 6.03 Å². The molecule has 0 bridgehead atoms. The fraction of sp³-hybridized carbons (Fsp3) is 0.517. The molecular weight excluding hydrogens is 450 g/mol. The first kappa shape index (κ1) is 24.6. The second-order valence-corrected chi connectivity index (χ2v) is 10.6. The van der Waals surface area contributed by atoms with E-state index in [9.17, 15) is 4.79 Å². The zero-order valence-corrected chi connectivity index (χ0v) is 21.9. The summed E-state index contributed by atoms with van der Waals surface area (Å²) in [4.78, 5) is 25.3. The molecule has 36 heavy (non-hydrogen) atoms. The number of hydrogen-bond acceptors (Lipinski definition) is 5. The summed E-state index contributed by atoms with van der Waals surface area (Å²) >= 11 is 0. The van der Waals surface area contributed by atoms with Crippen LogP contribution < -0.4 is 19.9 Å². The van der Waals surface area contributed by atoms with E-state index in [1.165, 1.54) is 30.5 Å². The van der Waals surface area contributed by atoms with Crippen molar-refractivity contribution in [3.8, 4) is 5.75 Å². The lowest BCUT2D eigenvalue weighted by Gasteiger charge is -2.45. The summed E-state index contributed by atoms with van der Waals surface area (Å²) in [6, 6.07) is 16.8. The molecular formula is C29H39N5O2. The van der Waals surface area contributed by atoms with Crippen LogP contribution >= 0.6 is 0 Å². The predicted octanol–water partition coefficient (Wildman–Crippen LogP) is 5.06. The maximum absolute atomic E-state index is 13.5. The number of nitrogens with zero attached hydrogens (tertiary/aromatic N) is 4. The van der Waals surface area contributed by atoms with Crippen molar-refractivity contribution in [2.75, 3.05) is 44.1 Å². The lowest BCUT2D eigenvalue weighted by atomic mass is 9.85. The highest BCUT2D eigenvalue weighted by Gasteiger charge is 2.53. The molecule has 2 aromatic carbocycles. The van der Waals surface area contributed by atoms with Crippen molar-refractivity contribution in [2.24, 2.45) is 4.99 Å². The third kappa shape index (κ3) is 4.94. The molecule has 0 radical (unpaired) electrons. The quantitative estimate of drug-likeness (QED) is 0.616. The average molecular weight is 490 g/mol. The molecule has 2 amide bonds. The Bertz CT molecular complexity index is 1090. The van der Waals surface area contributed by atoms with Crippen LogP contribution in [0.1, 0.15) is 50.5 Å². The summed E-state index contributed by atoms with van der Waals surface area (Å²) in [5.41, 5.74) is 2.85. The van der Waals surface area contributed by atoms with Crippen molar-refractivity contribution in [1.82, 2.24) is 10.2 Å². The molecule has 0 aromatic heterocycles. The minimum atomic E-state index is -0.497. The molecule has 2 heterocycles. The summed E-state index contributed by atoms with van der Waals surface area (Å²) < 4.78 is 5.50. The van der Waals surface area contributed by atoms with Gasteiger partial charge < -0.3 is 9.64 Å². The van der Waals surface area contributed by atoms with Gasteiger partial charge in [0, 0.05) is 38.9 Å². The van der Waals surface area contributed by atoms with Gasteiger partial charge in [-0.05, 0) is 62.1 Å². The van der Waals surface area contributed by atoms with Crippen LogP contribution in [-0.2, 0) is 6.54 Å². The van der Waals surface area contributed by atoms with Crippen LogP contribution in [0.5, 0.6) is 5.75 Å². The monoisotopic (exact) mass is 489 g/mol. The van der Waals surface area contributed by atoms with Gasteiger partial charge in [0.25, 0.3) is 0 Å². The number of benzene rings is 2. The number of nitrogens with one attached hydrogen (secondary N) is 1. The Balaban J connectivity index is 1.48. The number of piperidine rings is 1. The van der Waals surface area contributed by atoms with E-state index in [0.717, 1.165) is 62.6 Å². The first-order valence-corrected chi connectivity index (χ1v) is 13.3. The van der Waals surface area contributed by atoms with E-state index < -0.39 is 5.54 Å². The van der Waals surface area contributed by atoms with Crippen molar-refractivity contribution >= 4 is 23.2 Å². The topological polar surface area (TPSA) is 60.4 Å². The van der Waals surface area contributed by atoms with Gasteiger partial charge in [0.05, 0.1) is 18.8 Å². The van der Waals surface area contributed by atoms with Gasteiger partial charge in [0.1, 0.15) is 17.1 Å². The molecule has 192 valence electrons. The molecule has 1 unspecified atom stereocenters. The second-order valence-electron chi connectivity index (χ2n) is 10.6. The maximum atomic E-state index is 13.5. The van der Waals surface area contributed by atoms with E-state index in [1.807, 2.05) is 29.2 Å². The number of methoxy groups -OCH3 is 1. The highest BCUT2D eigenvalue weighted by Crippen LogP contribution is 2.39. The van der Waals surface area contributed by atoms with Crippen LogP contribution in [0.15, 0.2) is 53.5 Å². The van der Waals surface area contributed by atoms with Crippen molar-refractivity contribution in [2.45, 2.75) is 63.1 Å². The number of rotatable bonds is 6. The minimum Gasteiger partial charge on any atom is -0.497 e. The molecule has 1 spiro atoms. The van der Waals surface area contributed by atoms with Gasteiger partial charge in [-0.3, -0.25) is 20.1 Å². The smallest absolute Gasteiger partial charge is 0.328 e. The van der Waals surface area contributed by atoms with Gasteiger partial charge in [-0.2, -0.15) is 0 Å². The summed E-state index contributed by atoms with van der Waals surface area (Å²) in [7, 11) is 5.79. The Kier molecular flexibility index (Phi) is 7.19. The number of ether oxygens (including phenoxy) is 1. The number of amides is 2. The number of carbonyl (C=O) groups is 1. The third-order valence-electron chi connectivity index (χ3n) is 7.90. The zero-order chi connectivity index (χ0) is 25.1. The predicted molar refractivity (Wildman–Crippen MR) is 146 cm³/mol. The average Bonchev–Trinajstić information content (AvgIpc) is 3.14. The van der Waals surface area contributed by atoms with E-state index in [4.69, 9.17) is 9.73 Å². The summed E-state index contributed by atoms with van der Waals surface area (Å²) in [5, 5.41) is 3.22. The third-order valence-corrected chi connectivity index (χ3v) is 7.90.